The summed E-state index contributed by atoms with van der Waals surface area (Å²) < 4.78 is 2.16. The summed E-state index contributed by atoms with van der Waals surface area (Å²) in [7, 11) is 0. The lowest BCUT2D eigenvalue weighted by Gasteiger charge is -2.13. The van der Waals surface area contributed by atoms with Crippen LogP contribution in [0.3, 0.4) is 0 Å². The van der Waals surface area contributed by atoms with E-state index in [0.29, 0.717) is 6.04 Å². The van der Waals surface area contributed by atoms with Crippen LogP contribution in [0.15, 0.2) is 18.2 Å². The Balaban J connectivity index is 2.59. The lowest BCUT2D eigenvalue weighted by Crippen LogP contribution is -2.09. The van der Waals surface area contributed by atoms with Gasteiger partial charge in [-0.3, -0.25) is 0 Å². The molecule has 0 saturated heterocycles. The zero-order valence-electron chi connectivity index (χ0n) is 13.2. The highest BCUT2D eigenvalue weighted by atomic mass is 15.2. The second kappa shape index (κ2) is 5.70. The first kappa shape index (κ1) is 14.6. The lowest BCUT2D eigenvalue weighted by atomic mass is 10.1. The molecular weight excluding hydrogens is 246 g/mol. The quantitative estimate of drug-likeness (QED) is 0.901. The maximum absolute atomic E-state index is 6.37. The number of imidazole rings is 1. The Kier molecular flexibility index (Phi) is 4.17. The predicted molar refractivity (Wildman–Crippen MR) is 85.9 cm³/mol. The van der Waals surface area contributed by atoms with Crippen molar-refractivity contribution in [3.63, 3.8) is 0 Å². The highest BCUT2D eigenvalue weighted by Gasteiger charge is 2.17. The van der Waals surface area contributed by atoms with Crippen LogP contribution in [0.2, 0.25) is 0 Å². The minimum absolute atomic E-state index is 0.337. The van der Waals surface area contributed by atoms with Gasteiger partial charge in [-0.05, 0) is 46.2 Å². The van der Waals surface area contributed by atoms with Crippen LogP contribution in [0.5, 0.6) is 0 Å². The summed E-state index contributed by atoms with van der Waals surface area (Å²) in [6, 6.07) is 6.83. The van der Waals surface area contributed by atoms with Crippen LogP contribution in [0.1, 0.15) is 50.2 Å². The third kappa shape index (κ3) is 2.72. The fourth-order valence-corrected chi connectivity index (χ4v) is 2.79. The largest absolute Gasteiger partial charge is 0.383 e. The number of anilines is 1. The molecule has 0 atom stereocenters. The highest BCUT2D eigenvalue weighted by Crippen LogP contribution is 2.30. The van der Waals surface area contributed by atoms with E-state index in [-0.39, 0.29) is 0 Å². The predicted octanol–water partition coefficient (Wildman–Crippen LogP) is 4.28. The van der Waals surface area contributed by atoms with Gasteiger partial charge in [0.05, 0.1) is 0 Å². The van der Waals surface area contributed by atoms with Crippen LogP contribution in [0.25, 0.3) is 11.3 Å². The van der Waals surface area contributed by atoms with Gasteiger partial charge in [0.15, 0.2) is 0 Å². The Labute approximate surface area is 121 Å². The van der Waals surface area contributed by atoms with Gasteiger partial charge in [-0.25, -0.2) is 4.98 Å². The second-order valence-electron chi connectivity index (χ2n) is 5.85. The molecule has 1 aromatic heterocycles. The molecule has 2 rings (SSSR count). The minimum Gasteiger partial charge on any atom is -0.383 e. The summed E-state index contributed by atoms with van der Waals surface area (Å²) in [5.74, 6) is 1.88. The van der Waals surface area contributed by atoms with Crippen LogP contribution < -0.4 is 5.73 Å². The number of hydrogen-bond donors (Lipinski definition) is 1. The van der Waals surface area contributed by atoms with Gasteiger partial charge in [-0.1, -0.05) is 24.1 Å². The zero-order valence-corrected chi connectivity index (χ0v) is 13.2. The van der Waals surface area contributed by atoms with Crippen LogP contribution in [0, 0.1) is 13.8 Å². The Morgan fingerprint density at radius 2 is 1.75 bits per heavy atom. The lowest BCUT2D eigenvalue weighted by molar-refractivity contribution is 0.571. The number of aryl methyl sites for hydroxylation is 3. The average molecular weight is 271 g/mol. The van der Waals surface area contributed by atoms with Gasteiger partial charge in [0.2, 0.25) is 0 Å². The van der Waals surface area contributed by atoms with Gasteiger partial charge >= 0.3 is 0 Å². The summed E-state index contributed by atoms with van der Waals surface area (Å²) in [5, 5.41) is 0. The third-order valence-corrected chi connectivity index (χ3v) is 3.51. The van der Waals surface area contributed by atoms with Gasteiger partial charge in [-0.15, -0.1) is 0 Å². The smallest absolute Gasteiger partial charge is 0.131 e. The maximum Gasteiger partial charge on any atom is 0.131 e. The monoisotopic (exact) mass is 271 g/mol. The highest BCUT2D eigenvalue weighted by molar-refractivity contribution is 5.72. The SMILES string of the molecule is CCCc1nc(-c2cc(C)cc(C)c2)c(N)n1C(C)C. The summed E-state index contributed by atoms with van der Waals surface area (Å²) >= 11 is 0. The number of nitrogens with zero attached hydrogens (tertiary/aromatic N) is 2. The summed E-state index contributed by atoms with van der Waals surface area (Å²) in [5.41, 5.74) is 10.9. The van der Waals surface area contributed by atoms with Gasteiger partial charge in [0, 0.05) is 18.0 Å². The third-order valence-electron chi connectivity index (χ3n) is 3.51. The van der Waals surface area contributed by atoms with E-state index in [1.54, 1.807) is 0 Å². The molecule has 0 fully saturated rings. The molecule has 108 valence electrons. The van der Waals surface area contributed by atoms with Crippen molar-refractivity contribution in [1.82, 2.24) is 9.55 Å². The van der Waals surface area contributed by atoms with E-state index in [0.717, 1.165) is 35.7 Å². The van der Waals surface area contributed by atoms with E-state index in [2.05, 4.69) is 57.4 Å². The molecule has 3 nitrogen and oxygen atoms in total. The first-order chi connectivity index (χ1) is 9.43. The Morgan fingerprint density at radius 1 is 1.15 bits per heavy atom. The molecule has 0 aliphatic rings. The van der Waals surface area contributed by atoms with Crippen molar-refractivity contribution in [2.75, 3.05) is 5.73 Å². The number of hydrogen-bond acceptors (Lipinski definition) is 2. The first-order valence-corrected chi connectivity index (χ1v) is 7.39. The molecule has 1 heterocycles. The van der Waals surface area contributed by atoms with E-state index >= 15 is 0 Å². The number of aromatic nitrogens is 2. The molecule has 1 aromatic carbocycles. The minimum atomic E-state index is 0.337. The van der Waals surface area contributed by atoms with Gasteiger partial charge in [0.25, 0.3) is 0 Å². The average Bonchev–Trinajstić information content (AvgIpc) is 2.65. The van der Waals surface area contributed by atoms with E-state index < -0.39 is 0 Å². The molecule has 20 heavy (non-hydrogen) atoms. The van der Waals surface area contributed by atoms with Crippen molar-refractivity contribution in [3.05, 3.63) is 35.2 Å². The standard InChI is InChI=1S/C17H25N3/c1-6-7-15-19-16(17(18)20(15)11(2)3)14-9-12(4)8-13(5)10-14/h8-11H,6-7,18H2,1-5H3. The summed E-state index contributed by atoms with van der Waals surface area (Å²) in [4.78, 5) is 4.81. The number of nitrogens with two attached hydrogens (primary N) is 1. The van der Waals surface area contributed by atoms with Crippen LogP contribution in [-0.2, 0) is 6.42 Å². The molecule has 0 radical (unpaired) electrons. The number of nitrogen functional groups attached to an aromatic ring is 1. The van der Waals surface area contributed by atoms with Gasteiger partial charge in [0.1, 0.15) is 17.3 Å². The molecular formula is C17H25N3. The molecule has 0 spiro atoms. The van der Waals surface area contributed by atoms with Crippen molar-refractivity contribution < 1.29 is 0 Å². The van der Waals surface area contributed by atoms with E-state index in [9.17, 15) is 0 Å². The van der Waals surface area contributed by atoms with Crippen molar-refractivity contribution in [2.24, 2.45) is 0 Å². The van der Waals surface area contributed by atoms with Crippen LogP contribution >= 0.6 is 0 Å². The first-order valence-electron chi connectivity index (χ1n) is 7.39. The summed E-state index contributed by atoms with van der Waals surface area (Å²) in [6.45, 7) is 10.7. The molecule has 0 unspecified atom stereocenters. The van der Waals surface area contributed by atoms with Crippen molar-refractivity contribution in [1.29, 1.82) is 0 Å². The van der Waals surface area contributed by atoms with Gasteiger partial charge < -0.3 is 10.3 Å². The second-order valence-corrected chi connectivity index (χ2v) is 5.85. The molecule has 0 saturated carbocycles. The molecule has 0 aliphatic heterocycles. The Hall–Kier alpha value is -1.77. The molecule has 2 N–H and O–H groups in total. The van der Waals surface area contributed by atoms with Crippen molar-refractivity contribution in [3.8, 4) is 11.3 Å². The topological polar surface area (TPSA) is 43.8 Å². The van der Waals surface area contributed by atoms with Gasteiger partial charge in [-0.2, -0.15) is 0 Å². The van der Waals surface area contributed by atoms with E-state index in [1.807, 2.05) is 0 Å². The fourth-order valence-electron chi connectivity index (χ4n) is 2.79. The Bertz CT molecular complexity index is 589. The summed E-state index contributed by atoms with van der Waals surface area (Å²) in [6.07, 6.45) is 2.04. The Morgan fingerprint density at radius 3 is 2.25 bits per heavy atom. The molecule has 0 bridgehead atoms. The van der Waals surface area contributed by atoms with E-state index in [1.165, 1.54) is 11.1 Å². The molecule has 2 aromatic rings. The molecule has 0 amide bonds. The number of benzene rings is 1. The van der Waals surface area contributed by atoms with Crippen LogP contribution in [-0.4, -0.2) is 9.55 Å². The van der Waals surface area contributed by atoms with Crippen molar-refractivity contribution in [2.45, 2.75) is 53.5 Å². The maximum atomic E-state index is 6.37. The fraction of sp³-hybridized carbons (Fsp3) is 0.471. The molecule has 3 heteroatoms. The normalized spacial score (nSPS) is 11.3. The van der Waals surface area contributed by atoms with Crippen LogP contribution in [0.4, 0.5) is 5.82 Å². The zero-order chi connectivity index (χ0) is 14.9. The van der Waals surface area contributed by atoms with Crippen molar-refractivity contribution >= 4 is 5.82 Å². The molecule has 0 aliphatic carbocycles. The van der Waals surface area contributed by atoms with E-state index in [4.69, 9.17) is 10.7 Å². The number of rotatable bonds is 4.